The van der Waals surface area contributed by atoms with Gasteiger partial charge < -0.3 is 15.0 Å². The third-order valence-electron chi connectivity index (χ3n) is 7.60. The molecule has 4 aromatic rings. The summed E-state index contributed by atoms with van der Waals surface area (Å²) in [7, 11) is -2.86. The van der Waals surface area contributed by atoms with Crippen LogP contribution < -0.4 is 14.4 Å². The molecule has 48 heavy (non-hydrogen) atoms. The van der Waals surface area contributed by atoms with Crippen LogP contribution in [0.5, 0.6) is 5.75 Å². The van der Waals surface area contributed by atoms with Crippen LogP contribution in [0.15, 0.2) is 95.9 Å². The fourth-order valence-corrected chi connectivity index (χ4v) is 6.92. The lowest BCUT2D eigenvalue weighted by Gasteiger charge is -2.35. The number of anilines is 1. The summed E-state index contributed by atoms with van der Waals surface area (Å²) in [5.41, 5.74) is 2.66. The number of nitrogens with one attached hydrogen (secondary N) is 1. The number of rotatable bonds is 12. The number of methoxy groups -OCH3 is 1. The number of halogens is 2. The summed E-state index contributed by atoms with van der Waals surface area (Å²) in [5, 5.41) is 3.65. The molecule has 0 saturated heterocycles. The topological polar surface area (TPSA) is 96.0 Å². The molecule has 0 aromatic heterocycles. The maximum Gasteiger partial charge on any atom is 0.264 e. The van der Waals surface area contributed by atoms with Gasteiger partial charge in [0, 0.05) is 18.5 Å². The molecule has 0 unspecified atom stereocenters. The van der Waals surface area contributed by atoms with E-state index < -0.39 is 34.1 Å². The van der Waals surface area contributed by atoms with E-state index in [4.69, 9.17) is 27.9 Å². The SMILES string of the molecule is COc1ccc(C)cc1N(CC(=O)N(Cc1ccc(Cl)c(Cl)c1)[C@H](Cc1ccccc1)C(=O)NC(C)(C)C)S(=O)(=O)c1ccc(C)cc1. The molecule has 0 fully saturated rings. The maximum atomic E-state index is 14.7. The first-order valence-electron chi connectivity index (χ1n) is 15.4. The quantitative estimate of drug-likeness (QED) is 0.166. The molecule has 4 rings (SSSR count). The predicted molar refractivity (Wildman–Crippen MR) is 192 cm³/mol. The first-order valence-corrected chi connectivity index (χ1v) is 17.6. The van der Waals surface area contributed by atoms with E-state index in [1.807, 2.05) is 65.0 Å². The zero-order valence-corrected chi connectivity index (χ0v) is 30.3. The first-order chi connectivity index (χ1) is 22.6. The Morgan fingerprint density at radius 3 is 2.08 bits per heavy atom. The van der Waals surface area contributed by atoms with E-state index in [1.54, 1.807) is 48.5 Å². The molecule has 0 saturated carbocycles. The Balaban J connectivity index is 1.88. The van der Waals surface area contributed by atoms with Gasteiger partial charge >= 0.3 is 0 Å². The van der Waals surface area contributed by atoms with Crippen LogP contribution in [0.1, 0.15) is 43.0 Å². The number of carbonyl (C=O) groups excluding carboxylic acids is 2. The lowest BCUT2D eigenvalue weighted by molar-refractivity contribution is -0.140. The lowest BCUT2D eigenvalue weighted by Crippen LogP contribution is -2.56. The molecule has 0 spiro atoms. The van der Waals surface area contributed by atoms with Crippen LogP contribution in [-0.4, -0.2) is 50.4 Å². The monoisotopic (exact) mass is 709 g/mol. The van der Waals surface area contributed by atoms with Crippen molar-refractivity contribution in [1.29, 1.82) is 0 Å². The second-order valence-electron chi connectivity index (χ2n) is 12.7. The Hall–Kier alpha value is -4.05. The predicted octanol–water partition coefficient (Wildman–Crippen LogP) is 7.37. The summed E-state index contributed by atoms with van der Waals surface area (Å²) >= 11 is 12.6. The van der Waals surface area contributed by atoms with E-state index in [9.17, 15) is 18.0 Å². The average molecular weight is 711 g/mol. The van der Waals surface area contributed by atoms with Gasteiger partial charge in [-0.1, -0.05) is 83.4 Å². The van der Waals surface area contributed by atoms with Crippen molar-refractivity contribution in [3.8, 4) is 5.75 Å². The van der Waals surface area contributed by atoms with E-state index in [-0.39, 0.29) is 40.2 Å². The fraction of sp³-hybridized carbons (Fsp3) is 0.297. The number of hydrogen-bond acceptors (Lipinski definition) is 5. The summed E-state index contributed by atoms with van der Waals surface area (Å²) in [5.74, 6) is -0.724. The molecule has 0 aliphatic carbocycles. The molecule has 11 heteroatoms. The van der Waals surface area contributed by atoms with Gasteiger partial charge in [-0.15, -0.1) is 0 Å². The summed E-state index contributed by atoms with van der Waals surface area (Å²) in [6, 6.07) is 24.8. The van der Waals surface area contributed by atoms with E-state index in [1.165, 1.54) is 24.1 Å². The zero-order valence-electron chi connectivity index (χ0n) is 28.0. The van der Waals surface area contributed by atoms with Crippen molar-refractivity contribution in [2.45, 2.75) is 64.1 Å². The Kier molecular flexibility index (Phi) is 11.8. The third-order valence-corrected chi connectivity index (χ3v) is 10.1. The Labute approximate surface area is 293 Å². The van der Waals surface area contributed by atoms with E-state index in [0.29, 0.717) is 10.6 Å². The smallest absolute Gasteiger partial charge is 0.264 e. The van der Waals surface area contributed by atoms with Crippen molar-refractivity contribution in [3.63, 3.8) is 0 Å². The van der Waals surface area contributed by atoms with Crippen molar-refractivity contribution in [3.05, 3.63) is 123 Å². The van der Waals surface area contributed by atoms with E-state index in [0.717, 1.165) is 21.0 Å². The minimum atomic E-state index is -4.30. The second-order valence-corrected chi connectivity index (χ2v) is 15.4. The highest BCUT2D eigenvalue weighted by molar-refractivity contribution is 7.92. The number of hydrogen-bond donors (Lipinski definition) is 1. The highest BCUT2D eigenvalue weighted by atomic mass is 35.5. The highest BCUT2D eigenvalue weighted by Gasteiger charge is 2.36. The Bertz CT molecular complexity index is 1860. The molecule has 4 aromatic carbocycles. The molecular weight excluding hydrogens is 669 g/mol. The lowest BCUT2D eigenvalue weighted by atomic mass is 10.0. The molecule has 0 aliphatic rings. The van der Waals surface area contributed by atoms with Crippen LogP contribution in [0.2, 0.25) is 10.0 Å². The minimum Gasteiger partial charge on any atom is -0.495 e. The van der Waals surface area contributed by atoms with Crippen molar-refractivity contribution in [2.24, 2.45) is 0 Å². The largest absolute Gasteiger partial charge is 0.495 e. The summed E-state index contributed by atoms with van der Waals surface area (Å²) in [6.45, 7) is 8.59. The standard InChI is InChI=1S/C37H41Cl2N3O5S/c1-25-12-16-29(17-13-25)48(45,46)42(32-20-26(2)14-19-34(32)47-6)24-35(43)41(23-28-15-18-30(38)31(39)21-28)33(36(44)40-37(3,4)5)22-27-10-8-7-9-11-27/h7-21,33H,22-24H2,1-6H3,(H,40,44)/t33-/m1/s1. The van der Waals surface area contributed by atoms with Crippen LogP contribution in [0, 0.1) is 13.8 Å². The van der Waals surface area contributed by atoms with Crippen molar-refractivity contribution >= 4 is 50.7 Å². The van der Waals surface area contributed by atoms with Crippen molar-refractivity contribution in [1.82, 2.24) is 10.2 Å². The highest BCUT2D eigenvalue weighted by Crippen LogP contribution is 2.34. The van der Waals surface area contributed by atoms with E-state index >= 15 is 0 Å². The number of sulfonamides is 1. The van der Waals surface area contributed by atoms with Gasteiger partial charge in [0.15, 0.2) is 0 Å². The zero-order chi connectivity index (χ0) is 35.2. The van der Waals surface area contributed by atoms with Crippen molar-refractivity contribution in [2.75, 3.05) is 18.0 Å². The van der Waals surface area contributed by atoms with Crippen LogP contribution in [-0.2, 0) is 32.6 Å². The van der Waals surface area contributed by atoms with Gasteiger partial charge in [-0.3, -0.25) is 13.9 Å². The fourth-order valence-electron chi connectivity index (χ4n) is 5.19. The van der Waals surface area contributed by atoms with Gasteiger partial charge in [0.1, 0.15) is 18.3 Å². The maximum absolute atomic E-state index is 14.7. The molecule has 2 amide bonds. The number of amides is 2. The average Bonchev–Trinajstić information content (AvgIpc) is 3.03. The number of carbonyl (C=O) groups is 2. The van der Waals surface area contributed by atoms with Gasteiger partial charge in [0.2, 0.25) is 11.8 Å². The summed E-state index contributed by atoms with van der Waals surface area (Å²) in [6.07, 6.45) is 0.175. The number of ether oxygens (including phenoxy) is 1. The van der Waals surface area contributed by atoms with Gasteiger partial charge in [0.25, 0.3) is 10.0 Å². The Morgan fingerprint density at radius 2 is 1.48 bits per heavy atom. The molecule has 1 N–H and O–H groups in total. The third kappa shape index (κ3) is 9.30. The molecule has 1 atom stereocenters. The number of nitrogens with zero attached hydrogens (tertiary/aromatic N) is 2. The van der Waals surface area contributed by atoms with Crippen LogP contribution in [0.25, 0.3) is 0 Å². The first kappa shape index (κ1) is 36.8. The van der Waals surface area contributed by atoms with E-state index in [2.05, 4.69) is 5.32 Å². The van der Waals surface area contributed by atoms with Gasteiger partial charge in [0.05, 0.1) is 27.7 Å². The number of aryl methyl sites for hydroxylation is 2. The minimum absolute atomic E-state index is 0.00630. The molecular formula is C37H41Cl2N3O5S. The van der Waals surface area contributed by atoms with Crippen LogP contribution in [0.4, 0.5) is 5.69 Å². The molecule has 0 bridgehead atoms. The van der Waals surface area contributed by atoms with Crippen LogP contribution in [0.3, 0.4) is 0 Å². The second kappa shape index (κ2) is 15.4. The normalized spacial score (nSPS) is 12.2. The van der Waals surface area contributed by atoms with Crippen molar-refractivity contribution < 1.29 is 22.7 Å². The van der Waals surface area contributed by atoms with Gasteiger partial charge in [-0.2, -0.15) is 0 Å². The van der Waals surface area contributed by atoms with Crippen LogP contribution >= 0.6 is 23.2 Å². The van der Waals surface area contributed by atoms with Gasteiger partial charge in [-0.25, -0.2) is 8.42 Å². The molecule has 8 nitrogen and oxygen atoms in total. The molecule has 0 heterocycles. The molecule has 0 aliphatic heterocycles. The Morgan fingerprint density at radius 1 is 0.833 bits per heavy atom. The molecule has 254 valence electrons. The van der Waals surface area contributed by atoms with Gasteiger partial charge in [-0.05, 0) is 87.7 Å². The summed E-state index contributed by atoms with van der Waals surface area (Å²) in [4.78, 5) is 30.2. The summed E-state index contributed by atoms with van der Waals surface area (Å²) < 4.78 is 35.4. The number of benzene rings is 4. The molecule has 0 radical (unpaired) electrons.